The van der Waals surface area contributed by atoms with E-state index < -0.39 is 66.5 Å². The van der Waals surface area contributed by atoms with Gasteiger partial charge in [0.15, 0.2) is 6.29 Å². The molecule has 2 N–H and O–H groups in total. The number of alkyl halides is 6. The van der Waals surface area contributed by atoms with Gasteiger partial charge in [0.2, 0.25) is 0 Å². The number of H-pyrrole nitrogens is 1. The molecule has 1 aliphatic rings. The number of nitrogens with one attached hydrogen (secondary N) is 1. The Hall–Kier alpha value is -3.04. The third kappa shape index (κ3) is 7.25. The van der Waals surface area contributed by atoms with Crippen LogP contribution in [0.2, 0.25) is 0 Å². The normalized spacial score (nSPS) is 21.0. The first-order valence-electron chi connectivity index (χ1n) is 12.0. The molecule has 2 heterocycles. The van der Waals surface area contributed by atoms with E-state index in [2.05, 4.69) is 10.1 Å². The molecule has 1 aromatic heterocycles. The van der Waals surface area contributed by atoms with Gasteiger partial charge in [0, 0.05) is 13.2 Å². The molecule has 0 radical (unpaired) electrons. The number of ether oxygens (including phenoxy) is 2. The molecule has 0 aliphatic carbocycles. The molecule has 2 aromatic carbocycles. The minimum Gasteiger partial charge on any atom is -0.349 e. The number of aromatic nitrogens is 3. The summed E-state index contributed by atoms with van der Waals surface area (Å²) in [5, 5.41) is 3.86. The lowest BCUT2D eigenvalue weighted by Crippen LogP contribution is -2.46. The zero-order valence-electron chi connectivity index (χ0n) is 21.4. The summed E-state index contributed by atoms with van der Waals surface area (Å²) in [6.07, 6.45) is -12.7. The second-order valence-corrected chi connectivity index (χ2v) is 11.5. The van der Waals surface area contributed by atoms with Gasteiger partial charge in [-0.2, -0.15) is 26.3 Å². The third-order valence-corrected chi connectivity index (χ3v) is 7.27. The Morgan fingerprint density at radius 3 is 2.22 bits per heavy atom. The molecule has 1 saturated heterocycles. The molecule has 4 rings (SSSR count). The summed E-state index contributed by atoms with van der Waals surface area (Å²) < 4.78 is 118. The summed E-state index contributed by atoms with van der Waals surface area (Å²) >= 11 is 0. The fourth-order valence-electron chi connectivity index (χ4n) is 4.37. The van der Waals surface area contributed by atoms with E-state index in [-0.39, 0.29) is 31.6 Å². The van der Waals surface area contributed by atoms with Crippen LogP contribution in [0.3, 0.4) is 0 Å². The second-order valence-electron chi connectivity index (χ2n) is 9.43. The number of hydrogen-bond acceptors (Lipinski definition) is 6. The Bertz CT molecular complexity index is 1450. The molecular weight excluding hydrogens is 588 g/mol. The van der Waals surface area contributed by atoms with Crippen LogP contribution in [-0.4, -0.2) is 50.4 Å². The molecule has 1 fully saturated rings. The van der Waals surface area contributed by atoms with E-state index in [0.29, 0.717) is 22.1 Å². The lowest BCUT2D eigenvalue weighted by molar-refractivity contribution is -0.231. The standard InChI is InChI=1S/C24H24F7N4O5P/c1-13(15-9-16(23(26,27)28)11-17(10-15)24(29,30)31)40-21-20(14-3-5-18(25)6-4-14)34(7-8-39-21)12-19-32-22(36)35(33-19)41(2,37)38/h3-6,9-11,13,20-21H,7-8,12H2,1-2H3,(H,37,38)(H,32,33,36)/t13-,20+,21-/m1/s1. The first kappa shape index (κ1) is 30.9. The molecule has 3 aromatic rings. The number of benzene rings is 2. The van der Waals surface area contributed by atoms with Gasteiger partial charge < -0.3 is 14.4 Å². The van der Waals surface area contributed by atoms with Crippen molar-refractivity contribution >= 4 is 7.52 Å². The highest BCUT2D eigenvalue weighted by Crippen LogP contribution is 2.40. The molecule has 4 atom stereocenters. The van der Waals surface area contributed by atoms with Gasteiger partial charge in [-0.3, -0.25) is 14.4 Å². The van der Waals surface area contributed by atoms with Crippen molar-refractivity contribution < 1.29 is 49.7 Å². The van der Waals surface area contributed by atoms with Crippen molar-refractivity contribution in [1.29, 1.82) is 0 Å². The maximum Gasteiger partial charge on any atom is 0.416 e. The van der Waals surface area contributed by atoms with E-state index in [1.54, 1.807) is 4.90 Å². The van der Waals surface area contributed by atoms with Crippen LogP contribution in [-0.2, 0) is 32.9 Å². The van der Waals surface area contributed by atoms with Gasteiger partial charge in [-0.1, -0.05) is 12.1 Å². The van der Waals surface area contributed by atoms with E-state index >= 15 is 0 Å². The molecule has 17 heteroatoms. The van der Waals surface area contributed by atoms with Crippen LogP contribution >= 0.6 is 7.52 Å². The Kier molecular flexibility index (Phi) is 8.54. The van der Waals surface area contributed by atoms with Crippen molar-refractivity contribution in [3.8, 4) is 0 Å². The van der Waals surface area contributed by atoms with E-state index in [1.165, 1.54) is 19.1 Å². The fourth-order valence-corrected chi connectivity index (χ4v) is 5.04. The molecule has 1 aliphatic heterocycles. The molecule has 1 unspecified atom stereocenters. The predicted octanol–water partition coefficient (Wildman–Crippen LogP) is 5.09. The number of nitrogens with zero attached hydrogens (tertiary/aromatic N) is 3. The second kappa shape index (κ2) is 11.3. The van der Waals surface area contributed by atoms with Crippen LogP contribution in [0.5, 0.6) is 0 Å². The molecule has 0 saturated carbocycles. The first-order chi connectivity index (χ1) is 18.9. The quantitative estimate of drug-likeness (QED) is 0.283. The first-order valence-corrected chi connectivity index (χ1v) is 14.0. The molecule has 41 heavy (non-hydrogen) atoms. The zero-order valence-corrected chi connectivity index (χ0v) is 22.3. The van der Waals surface area contributed by atoms with Crippen molar-refractivity contribution in [1.82, 2.24) is 19.4 Å². The lowest BCUT2D eigenvalue weighted by atomic mass is 10.0. The average molecular weight is 612 g/mol. The van der Waals surface area contributed by atoms with Crippen LogP contribution < -0.4 is 5.69 Å². The van der Waals surface area contributed by atoms with Gasteiger partial charge >= 0.3 is 25.6 Å². The van der Waals surface area contributed by atoms with Crippen molar-refractivity contribution in [2.45, 2.75) is 44.3 Å². The molecular formula is C24H24F7N4O5P. The Morgan fingerprint density at radius 1 is 1.12 bits per heavy atom. The number of rotatable bonds is 7. The minimum atomic E-state index is -5.05. The number of morpholine rings is 1. The van der Waals surface area contributed by atoms with Gasteiger partial charge in [-0.25, -0.2) is 9.18 Å². The Labute approximate surface area is 228 Å². The fraction of sp³-hybridized carbons (Fsp3) is 0.417. The maximum atomic E-state index is 13.7. The third-order valence-electron chi connectivity index (χ3n) is 6.29. The van der Waals surface area contributed by atoms with Crippen LogP contribution in [0.15, 0.2) is 47.3 Å². The Balaban J connectivity index is 1.68. The minimum absolute atomic E-state index is 0.0112. The van der Waals surface area contributed by atoms with E-state index in [1.807, 2.05) is 0 Å². The average Bonchev–Trinajstić information content (AvgIpc) is 3.24. The smallest absolute Gasteiger partial charge is 0.349 e. The highest BCUT2D eigenvalue weighted by Gasteiger charge is 2.39. The zero-order chi connectivity index (χ0) is 30.3. The molecule has 0 bridgehead atoms. The van der Waals surface area contributed by atoms with Gasteiger partial charge in [0.05, 0.1) is 36.4 Å². The van der Waals surface area contributed by atoms with Crippen LogP contribution in [0, 0.1) is 5.82 Å². The summed E-state index contributed by atoms with van der Waals surface area (Å²) in [5.74, 6) is -0.587. The summed E-state index contributed by atoms with van der Waals surface area (Å²) in [6.45, 7) is 2.21. The highest BCUT2D eigenvalue weighted by atomic mass is 31.2. The SMILES string of the molecule is C[C@@H](O[C@H]1OCCN(Cc2nn(P(C)(=O)O)c(=O)[nH]2)[C@H]1c1ccc(F)cc1)c1cc(C(F)(F)F)cc(C(F)(F)F)c1. The van der Waals surface area contributed by atoms with Gasteiger partial charge in [-0.05, 0) is 48.4 Å². The van der Waals surface area contributed by atoms with Crippen molar-refractivity contribution in [3.05, 3.63) is 86.8 Å². The monoisotopic (exact) mass is 612 g/mol. The van der Waals surface area contributed by atoms with Gasteiger partial charge in [-0.15, -0.1) is 9.55 Å². The van der Waals surface area contributed by atoms with Crippen molar-refractivity contribution in [2.75, 3.05) is 19.8 Å². The molecule has 9 nitrogen and oxygen atoms in total. The molecule has 0 spiro atoms. The van der Waals surface area contributed by atoms with Gasteiger partial charge in [0.1, 0.15) is 11.6 Å². The largest absolute Gasteiger partial charge is 0.416 e. The summed E-state index contributed by atoms with van der Waals surface area (Å²) in [7, 11) is -4.07. The maximum absolute atomic E-state index is 13.7. The molecule has 0 amide bonds. The van der Waals surface area contributed by atoms with Crippen LogP contribution in [0.1, 0.15) is 47.1 Å². The number of halogens is 7. The van der Waals surface area contributed by atoms with Gasteiger partial charge in [0.25, 0.3) is 0 Å². The summed E-state index contributed by atoms with van der Waals surface area (Å²) in [6, 6.07) is 5.29. The number of hydrogen-bond donors (Lipinski definition) is 2. The highest BCUT2D eigenvalue weighted by molar-refractivity contribution is 7.55. The number of aromatic amines is 1. The summed E-state index contributed by atoms with van der Waals surface area (Å²) in [5.41, 5.74) is -3.94. The van der Waals surface area contributed by atoms with Crippen LogP contribution in [0.4, 0.5) is 30.7 Å². The van der Waals surface area contributed by atoms with Crippen molar-refractivity contribution in [2.24, 2.45) is 0 Å². The lowest BCUT2D eigenvalue weighted by Gasteiger charge is -2.41. The predicted molar refractivity (Wildman–Crippen MR) is 129 cm³/mol. The Morgan fingerprint density at radius 2 is 1.71 bits per heavy atom. The topological polar surface area (TPSA) is 110 Å². The van der Waals surface area contributed by atoms with E-state index in [0.717, 1.165) is 18.8 Å². The van der Waals surface area contributed by atoms with Crippen molar-refractivity contribution in [3.63, 3.8) is 0 Å². The van der Waals surface area contributed by atoms with E-state index in [9.17, 15) is 45.0 Å². The van der Waals surface area contributed by atoms with E-state index in [4.69, 9.17) is 9.47 Å². The van der Waals surface area contributed by atoms with Crippen LogP contribution in [0.25, 0.3) is 0 Å². The summed E-state index contributed by atoms with van der Waals surface area (Å²) in [4.78, 5) is 25.9. The molecule has 224 valence electrons.